The maximum absolute atomic E-state index is 3.56. The summed E-state index contributed by atoms with van der Waals surface area (Å²) >= 11 is 0. The Labute approximate surface area is 110 Å². The molecule has 0 bridgehead atoms. The van der Waals surface area contributed by atoms with Gasteiger partial charge in [-0.25, -0.2) is 0 Å². The second-order valence-electron chi connectivity index (χ2n) is 6.69. The van der Waals surface area contributed by atoms with E-state index in [4.69, 9.17) is 0 Å². The molecule has 0 amide bonds. The molecule has 0 aliphatic heterocycles. The first-order chi connectivity index (χ1) is 7.94. The Morgan fingerprint density at radius 2 is 1.47 bits per heavy atom. The highest BCUT2D eigenvalue weighted by Gasteiger charge is 2.19. The Hall–Kier alpha value is -0.0400. The predicted octanol–water partition coefficient (Wildman–Crippen LogP) is 5.01. The minimum atomic E-state index is 0.489. The molecule has 0 aromatic rings. The Balaban J connectivity index is 4.08. The first-order valence-corrected chi connectivity index (χ1v) is 7.61. The van der Waals surface area contributed by atoms with Crippen LogP contribution >= 0.6 is 0 Å². The minimum absolute atomic E-state index is 0.489. The third-order valence-corrected chi connectivity index (χ3v) is 3.70. The highest BCUT2D eigenvalue weighted by atomic mass is 14.9. The molecule has 1 heteroatoms. The largest absolute Gasteiger partial charge is 0.317 e. The topological polar surface area (TPSA) is 12.0 Å². The molecule has 0 aliphatic carbocycles. The van der Waals surface area contributed by atoms with E-state index in [1.807, 2.05) is 0 Å². The zero-order chi connectivity index (χ0) is 13.3. The van der Waals surface area contributed by atoms with E-state index in [9.17, 15) is 0 Å². The lowest BCUT2D eigenvalue weighted by molar-refractivity contribution is 0.282. The van der Waals surface area contributed by atoms with Gasteiger partial charge in [0.25, 0.3) is 0 Å². The molecule has 0 aliphatic rings. The summed E-state index contributed by atoms with van der Waals surface area (Å²) in [6, 6.07) is 0.734. The second-order valence-corrected chi connectivity index (χ2v) is 6.69. The van der Waals surface area contributed by atoms with E-state index < -0.39 is 0 Å². The maximum atomic E-state index is 3.56. The van der Waals surface area contributed by atoms with Crippen molar-refractivity contribution in [2.45, 2.75) is 85.6 Å². The lowest BCUT2D eigenvalue weighted by Crippen LogP contribution is -2.33. The molecule has 0 rings (SSSR count). The molecule has 0 aromatic carbocycles. The number of rotatable bonds is 9. The highest BCUT2D eigenvalue weighted by molar-refractivity contribution is 4.76. The Morgan fingerprint density at radius 3 is 1.82 bits per heavy atom. The first-order valence-electron chi connectivity index (χ1n) is 7.61. The summed E-state index contributed by atoms with van der Waals surface area (Å²) in [6.45, 7) is 11.7. The monoisotopic (exact) mass is 241 g/mol. The van der Waals surface area contributed by atoms with Gasteiger partial charge in [-0.15, -0.1) is 0 Å². The van der Waals surface area contributed by atoms with Crippen LogP contribution in [0, 0.1) is 11.3 Å². The average molecular weight is 241 g/mol. The zero-order valence-corrected chi connectivity index (χ0v) is 13.1. The summed E-state index contributed by atoms with van der Waals surface area (Å²) < 4.78 is 0. The molecule has 0 radical (unpaired) electrons. The molecule has 1 unspecified atom stereocenters. The summed E-state index contributed by atoms with van der Waals surface area (Å²) in [5, 5.41) is 3.56. The average Bonchev–Trinajstić information content (AvgIpc) is 2.23. The Morgan fingerprint density at radius 1 is 0.941 bits per heavy atom. The lowest BCUT2D eigenvalue weighted by Gasteiger charge is -2.28. The molecule has 0 saturated heterocycles. The van der Waals surface area contributed by atoms with Crippen LogP contribution in [0.4, 0.5) is 0 Å². The van der Waals surface area contributed by atoms with E-state index in [-0.39, 0.29) is 0 Å². The van der Waals surface area contributed by atoms with Crippen LogP contribution in [-0.4, -0.2) is 13.1 Å². The molecule has 17 heavy (non-hydrogen) atoms. The van der Waals surface area contributed by atoms with Crippen molar-refractivity contribution in [3.8, 4) is 0 Å². The van der Waals surface area contributed by atoms with E-state index >= 15 is 0 Å². The standard InChI is InChI=1S/C16H35N/c1-7-10-14(11-8-2)15(17-6)12-9-13-16(3,4)5/h14-15,17H,7-13H2,1-6H3. The van der Waals surface area contributed by atoms with Crippen molar-refractivity contribution >= 4 is 0 Å². The normalized spacial score (nSPS) is 14.3. The third-order valence-electron chi connectivity index (χ3n) is 3.70. The number of hydrogen-bond donors (Lipinski definition) is 1. The van der Waals surface area contributed by atoms with Crippen molar-refractivity contribution in [1.82, 2.24) is 5.32 Å². The van der Waals surface area contributed by atoms with E-state index in [0.717, 1.165) is 12.0 Å². The van der Waals surface area contributed by atoms with Crippen molar-refractivity contribution in [3.05, 3.63) is 0 Å². The van der Waals surface area contributed by atoms with Crippen molar-refractivity contribution in [1.29, 1.82) is 0 Å². The Bertz CT molecular complexity index is 163. The summed E-state index contributed by atoms with van der Waals surface area (Å²) in [4.78, 5) is 0. The smallest absolute Gasteiger partial charge is 0.00923 e. The Kier molecular flexibility index (Phi) is 8.94. The summed E-state index contributed by atoms with van der Waals surface area (Å²) in [6.07, 6.45) is 9.46. The van der Waals surface area contributed by atoms with Crippen LogP contribution in [-0.2, 0) is 0 Å². The lowest BCUT2D eigenvalue weighted by atomic mass is 9.84. The van der Waals surface area contributed by atoms with Crippen LogP contribution in [0.3, 0.4) is 0 Å². The van der Waals surface area contributed by atoms with Crippen LogP contribution in [0.2, 0.25) is 0 Å². The molecule has 0 spiro atoms. The second kappa shape index (κ2) is 8.97. The molecule has 104 valence electrons. The summed E-state index contributed by atoms with van der Waals surface area (Å²) in [5.74, 6) is 0.884. The summed E-state index contributed by atoms with van der Waals surface area (Å²) in [7, 11) is 2.14. The van der Waals surface area contributed by atoms with Gasteiger partial charge < -0.3 is 5.32 Å². The SMILES string of the molecule is CCCC(CCC)C(CCCC(C)(C)C)NC. The minimum Gasteiger partial charge on any atom is -0.317 e. The van der Waals surface area contributed by atoms with E-state index in [1.54, 1.807) is 0 Å². The van der Waals surface area contributed by atoms with Crippen molar-refractivity contribution in [3.63, 3.8) is 0 Å². The fourth-order valence-electron chi connectivity index (χ4n) is 2.76. The number of nitrogens with one attached hydrogen (secondary N) is 1. The summed E-state index contributed by atoms with van der Waals surface area (Å²) in [5.41, 5.74) is 0.489. The van der Waals surface area contributed by atoms with Gasteiger partial charge in [-0.1, -0.05) is 53.9 Å². The van der Waals surface area contributed by atoms with Crippen molar-refractivity contribution in [2.75, 3.05) is 7.05 Å². The number of hydrogen-bond acceptors (Lipinski definition) is 1. The van der Waals surface area contributed by atoms with Gasteiger partial charge >= 0.3 is 0 Å². The first kappa shape index (κ1) is 17.0. The molecule has 0 heterocycles. The fraction of sp³-hybridized carbons (Fsp3) is 1.00. The maximum Gasteiger partial charge on any atom is 0.00923 e. The van der Waals surface area contributed by atoms with Crippen LogP contribution in [0.5, 0.6) is 0 Å². The molecule has 0 fully saturated rings. The molecule has 0 aromatic heterocycles. The van der Waals surface area contributed by atoms with Gasteiger partial charge in [0, 0.05) is 6.04 Å². The third kappa shape index (κ3) is 8.65. The van der Waals surface area contributed by atoms with E-state index in [2.05, 4.69) is 47.0 Å². The van der Waals surface area contributed by atoms with Crippen LogP contribution < -0.4 is 5.32 Å². The van der Waals surface area contributed by atoms with Gasteiger partial charge in [0.2, 0.25) is 0 Å². The van der Waals surface area contributed by atoms with Gasteiger partial charge in [-0.3, -0.25) is 0 Å². The van der Waals surface area contributed by atoms with Crippen LogP contribution in [0.1, 0.15) is 79.6 Å². The van der Waals surface area contributed by atoms with Crippen LogP contribution in [0.25, 0.3) is 0 Å². The zero-order valence-electron chi connectivity index (χ0n) is 13.1. The van der Waals surface area contributed by atoms with Crippen molar-refractivity contribution < 1.29 is 0 Å². The van der Waals surface area contributed by atoms with Gasteiger partial charge in [-0.05, 0) is 44.1 Å². The van der Waals surface area contributed by atoms with Gasteiger partial charge in [-0.2, -0.15) is 0 Å². The fourth-order valence-corrected chi connectivity index (χ4v) is 2.76. The highest BCUT2D eigenvalue weighted by Crippen LogP contribution is 2.26. The van der Waals surface area contributed by atoms with Crippen molar-refractivity contribution in [2.24, 2.45) is 11.3 Å². The molecule has 0 saturated carbocycles. The predicted molar refractivity (Wildman–Crippen MR) is 79.5 cm³/mol. The van der Waals surface area contributed by atoms with E-state index in [0.29, 0.717) is 5.41 Å². The molecular formula is C16H35N. The van der Waals surface area contributed by atoms with Gasteiger partial charge in [0.15, 0.2) is 0 Å². The van der Waals surface area contributed by atoms with Gasteiger partial charge in [0.05, 0.1) is 0 Å². The van der Waals surface area contributed by atoms with Gasteiger partial charge in [0.1, 0.15) is 0 Å². The van der Waals surface area contributed by atoms with E-state index in [1.165, 1.54) is 44.9 Å². The molecule has 1 N–H and O–H groups in total. The molecular weight excluding hydrogens is 206 g/mol. The molecule has 1 atom stereocenters. The van der Waals surface area contributed by atoms with Crippen LogP contribution in [0.15, 0.2) is 0 Å². The quantitative estimate of drug-likeness (QED) is 0.598. The molecule has 1 nitrogen and oxygen atoms in total.